The highest BCUT2D eigenvalue weighted by Gasteiger charge is 2.15. The molecule has 32 heavy (non-hydrogen) atoms. The van der Waals surface area contributed by atoms with E-state index in [-0.39, 0.29) is 11.3 Å². The van der Waals surface area contributed by atoms with E-state index in [2.05, 4.69) is 60.2 Å². The Bertz CT molecular complexity index is 1290. The summed E-state index contributed by atoms with van der Waals surface area (Å²) in [5.74, 6) is -0.0110. The molecule has 0 aliphatic rings. The van der Waals surface area contributed by atoms with Crippen LogP contribution in [0.1, 0.15) is 28.1 Å². The van der Waals surface area contributed by atoms with Crippen molar-refractivity contribution in [3.8, 4) is 22.9 Å². The van der Waals surface area contributed by atoms with Crippen molar-refractivity contribution in [3.05, 3.63) is 94.8 Å². The van der Waals surface area contributed by atoms with Crippen LogP contribution in [0.15, 0.2) is 71.6 Å². The molecule has 6 heteroatoms. The van der Waals surface area contributed by atoms with Crippen molar-refractivity contribution in [2.24, 2.45) is 0 Å². The Morgan fingerprint density at radius 1 is 1.00 bits per heavy atom. The van der Waals surface area contributed by atoms with E-state index in [1.807, 2.05) is 30.7 Å². The summed E-state index contributed by atoms with van der Waals surface area (Å²) in [5, 5.41) is 23.8. The van der Waals surface area contributed by atoms with Crippen LogP contribution >= 0.6 is 11.9 Å². The van der Waals surface area contributed by atoms with Crippen molar-refractivity contribution in [3.63, 3.8) is 0 Å². The Balaban J connectivity index is 1.47. The molecule has 0 fully saturated rings. The molecule has 0 amide bonds. The summed E-state index contributed by atoms with van der Waals surface area (Å²) in [6, 6.07) is 23.9. The fourth-order valence-corrected chi connectivity index (χ4v) is 4.27. The fraction of sp³-hybridized carbons (Fsp3) is 0.154. The number of nitrogens with one attached hydrogen (secondary N) is 1. The SMILES string of the molecule is Cc1ccc(SNc2ccc(Cn3nc(C)c(-c4ccc(C#N)c(O)c4)c3C)cc2)cc1. The summed E-state index contributed by atoms with van der Waals surface area (Å²) in [4.78, 5) is 1.17. The third-order valence-electron chi connectivity index (χ3n) is 5.38. The minimum absolute atomic E-state index is 0.0110. The van der Waals surface area contributed by atoms with Gasteiger partial charge in [-0.05, 0) is 80.2 Å². The predicted molar refractivity (Wildman–Crippen MR) is 130 cm³/mol. The van der Waals surface area contributed by atoms with Crippen molar-refractivity contribution < 1.29 is 5.11 Å². The van der Waals surface area contributed by atoms with Crippen LogP contribution in [0.5, 0.6) is 5.75 Å². The largest absolute Gasteiger partial charge is 0.507 e. The van der Waals surface area contributed by atoms with Crippen molar-refractivity contribution in [1.82, 2.24) is 9.78 Å². The smallest absolute Gasteiger partial charge is 0.133 e. The van der Waals surface area contributed by atoms with Crippen LogP contribution in [-0.4, -0.2) is 14.9 Å². The zero-order valence-electron chi connectivity index (χ0n) is 18.3. The van der Waals surface area contributed by atoms with E-state index in [4.69, 9.17) is 10.4 Å². The average molecular weight is 441 g/mol. The molecular formula is C26H24N4OS. The number of phenolic OH excluding ortho intramolecular Hbond substituents is 1. The summed E-state index contributed by atoms with van der Waals surface area (Å²) >= 11 is 1.59. The summed E-state index contributed by atoms with van der Waals surface area (Å²) < 4.78 is 5.36. The molecule has 0 spiro atoms. The number of phenols is 1. The number of aryl methyl sites for hydroxylation is 2. The van der Waals surface area contributed by atoms with E-state index in [9.17, 15) is 5.11 Å². The first-order valence-corrected chi connectivity index (χ1v) is 11.1. The molecule has 5 nitrogen and oxygen atoms in total. The van der Waals surface area contributed by atoms with E-state index in [0.717, 1.165) is 33.8 Å². The molecule has 0 saturated carbocycles. The van der Waals surface area contributed by atoms with Crippen molar-refractivity contribution in [1.29, 1.82) is 5.26 Å². The number of hydrogen-bond donors (Lipinski definition) is 2. The van der Waals surface area contributed by atoms with Crippen LogP contribution < -0.4 is 4.72 Å². The molecule has 0 atom stereocenters. The molecule has 2 N–H and O–H groups in total. The zero-order chi connectivity index (χ0) is 22.7. The Morgan fingerprint density at radius 3 is 2.38 bits per heavy atom. The van der Waals surface area contributed by atoms with Gasteiger partial charge in [0.1, 0.15) is 11.8 Å². The minimum atomic E-state index is -0.0110. The molecular weight excluding hydrogens is 416 g/mol. The van der Waals surface area contributed by atoms with Crippen LogP contribution in [0.2, 0.25) is 0 Å². The average Bonchev–Trinajstić information content (AvgIpc) is 3.07. The van der Waals surface area contributed by atoms with E-state index < -0.39 is 0 Å². The third kappa shape index (κ3) is 4.63. The first-order chi connectivity index (χ1) is 15.4. The quantitative estimate of drug-likeness (QED) is 0.348. The predicted octanol–water partition coefficient (Wildman–Crippen LogP) is 6.22. The van der Waals surface area contributed by atoms with Crippen LogP contribution in [0.4, 0.5) is 5.69 Å². The topological polar surface area (TPSA) is 73.9 Å². The Hall–Kier alpha value is -3.69. The molecule has 4 rings (SSSR count). The summed E-state index contributed by atoms with van der Waals surface area (Å²) in [6.45, 7) is 6.73. The number of aromatic hydroxyl groups is 1. The maximum Gasteiger partial charge on any atom is 0.133 e. The molecule has 0 unspecified atom stereocenters. The van der Waals surface area contributed by atoms with Crippen molar-refractivity contribution >= 4 is 17.6 Å². The van der Waals surface area contributed by atoms with Gasteiger partial charge in [-0.1, -0.05) is 35.9 Å². The second-order valence-electron chi connectivity index (χ2n) is 7.76. The molecule has 3 aromatic carbocycles. The number of benzene rings is 3. The number of anilines is 1. The molecule has 1 aromatic heterocycles. The number of rotatable bonds is 6. The third-order valence-corrected chi connectivity index (χ3v) is 6.23. The van der Waals surface area contributed by atoms with Gasteiger partial charge >= 0.3 is 0 Å². The maximum atomic E-state index is 10.1. The molecule has 160 valence electrons. The van der Waals surface area contributed by atoms with Gasteiger partial charge in [-0.3, -0.25) is 4.68 Å². The molecule has 0 radical (unpaired) electrons. The highest BCUT2D eigenvalue weighted by Crippen LogP contribution is 2.31. The van der Waals surface area contributed by atoms with E-state index >= 15 is 0 Å². The van der Waals surface area contributed by atoms with Crippen molar-refractivity contribution in [2.45, 2.75) is 32.2 Å². The van der Waals surface area contributed by atoms with Gasteiger partial charge in [-0.15, -0.1) is 0 Å². The van der Waals surface area contributed by atoms with Crippen LogP contribution in [0, 0.1) is 32.1 Å². The van der Waals surface area contributed by atoms with Gasteiger partial charge in [-0.25, -0.2) is 0 Å². The molecule has 4 aromatic rings. The van der Waals surface area contributed by atoms with Gasteiger partial charge in [0.15, 0.2) is 0 Å². The van der Waals surface area contributed by atoms with Gasteiger partial charge in [-0.2, -0.15) is 10.4 Å². The lowest BCUT2D eigenvalue weighted by Crippen LogP contribution is -2.04. The molecule has 1 heterocycles. The Kier molecular flexibility index (Phi) is 6.20. The fourth-order valence-electron chi connectivity index (χ4n) is 3.63. The Morgan fingerprint density at radius 2 is 1.72 bits per heavy atom. The number of nitrogens with zero attached hydrogens (tertiary/aromatic N) is 3. The van der Waals surface area contributed by atoms with Crippen molar-refractivity contribution in [2.75, 3.05) is 4.72 Å². The highest BCUT2D eigenvalue weighted by atomic mass is 32.2. The van der Waals surface area contributed by atoms with E-state index in [1.165, 1.54) is 10.5 Å². The van der Waals surface area contributed by atoms with Gasteiger partial charge < -0.3 is 9.83 Å². The minimum Gasteiger partial charge on any atom is -0.507 e. The van der Waals surface area contributed by atoms with Gasteiger partial charge in [0, 0.05) is 21.8 Å². The zero-order valence-corrected chi connectivity index (χ0v) is 19.1. The monoisotopic (exact) mass is 440 g/mol. The first kappa shape index (κ1) is 21.5. The highest BCUT2D eigenvalue weighted by molar-refractivity contribution is 8.00. The number of hydrogen-bond acceptors (Lipinski definition) is 5. The number of aromatic nitrogens is 2. The normalized spacial score (nSPS) is 10.7. The first-order valence-electron chi connectivity index (χ1n) is 10.3. The lowest BCUT2D eigenvalue weighted by Gasteiger charge is -2.09. The molecule has 0 saturated heterocycles. The summed E-state index contributed by atoms with van der Waals surface area (Å²) in [5.41, 5.74) is 7.46. The number of nitriles is 1. The van der Waals surface area contributed by atoms with E-state index in [0.29, 0.717) is 6.54 Å². The molecule has 0 bridgehead atoms. The van der Waals surface area contributed by atoms with Gasteiger partial charge in [0.2, 0.25) is 0 Å². The lowest BCUT2D eigenvalue weighted by atomic mass is 10.0. The molecule has 0 aliphatic carbocycles. The summed E-state index contributed by atoms with van der Waals surface area (Å²) in [6.07, 6.45) is 0. The van der Waals surface area contributed by atoms with Crippen LogP contribution in [0.3, 0.4) is 0 Å². The van der Waals surface area contributed by atoms with Crippen LogP contribution in [-0.2, 0) is 6.54 Å². The van der Waals surface area contributed by atoms with Crippen LogP contribution in [0.25, 0.3) is 11.1 Å². The van der Waals surface area contributed by atoms with E-state index in [1.54, 1.807) is 24.1 Å². The second kappa shape index (κ2) is 9.21. The van der Waals surface area contributed by atoms with Gasteiger partial charge in [0.05, 0.1) is 17.8 Å². The maximum absolute atomic E-state index is 10.1. The summed E-state index contributed by atoms with van der Waals surface area (Å²) in [7, 11) is 0. The van der Waals surface area contributed by atoms with Gasteiger partial charge in [0.25, 0.3) is 0 Å². The lowest BCUT2D eigenvalue weighted by molar-refractivity contribution is 0.474. The second-order valence-corrected chi connectivity index (χ2v) is 8.64. The standard InChI is InChI=1S/C26H24N4OS/c1-17-4-12-24(13-5-17)32-29-23-10-6-20(7-11-23)16-30-19(3)26(18(2)28-30)21-8-9-22(15-27)25(31)14-21/h4-14,29,31H,16H2,1-3H3. The Labute approximate surface area is 192 Å². The molecule has 0 aliphatic heterocycles.